The van der Waals surface area contributed by atoms with Crippen LogP contribution in [0.2, 0.25) is 0 Å². The smallest absolute Gasteiger partial charge is 0.0489 e. The van der Waals surface area contributed by atoms with Crippen molar-refractivity contribution in [2.24, 2.45) is 10.8 Å². The second-order valence-corrected chi connectivity index (χ2v) is 4.72. The largest absolute Gasteiger partial charge is 0.396 e. The molecule has 1 N–H and O–H groups in total. The van der Waals surface area contributed by atoms with E-state index in [1.807, 2.05) is 0 Å². The fourth-order valence-corrected chi connectivity index (χ4v) is 1.24. The molecule has 0 aliphatic heterocycles. The van der Waals surface area contributed by atoms with Gasteiger partial charge in [0.1, 0.15) is 0 Å². The first-order valence-corrected chi connectivity index (χ1v) is 4.48. The fraction of sp³-hybridized carbons (Fsp3) is 1.00. The van der Waals surface area contributed by atoms with Crippen molar-refractivity contribution >= 4 is 0 Å². The standard InChI is InChI=1S/C10H22O/c1-6-7-10(5,8-11)9(2,3)4/h11H,6-8H2,1-5H3. The first kappa shape index (κ1) is 11.0. The number of rotatable bonds is 3. The zero-order valence-electron chi connectivity index (χ0n) is 8.57. The van der Waals surface area contributed by atoms with Gasteiger partial charge in [0.05, 0.1) is 0 Å². The van der Waals surface area contributed by atoms with E-state index in [1.54, 1.807) is 0 Å². The van der Waals surface area contributed by atoms with Crippen LogP contribution in [0.1, 0.15) is 47.5 Å². The van der Waals surface area contributed by atoms with Crippen molar-refractivity contribution in [3.05, 3.63) is 0 Å². The van der Waals surface area contributed by atoms with Gasteiger partial charge in [0.2, 0.25) is 0 Å². The van der Waals surface area contributed by atoms with E-state index in [-0.39, 0.29) is 10.8 Å². The summed E-state index contributed by atoms with van der Waals surface area (Å²) in [6, 6.07) is 0. The predicted octanol–water partition coefficient (Wildman–Crippen LogP) is 2.83. The van der Waals surface area contributed by atoms with E-state index in [4.69, 9.17) is 0 Å². The van der Waals surface area contributed by atoms with Gasteiger partial charge in [0, 0.05) is 6.61 Å². The maximum atomic E-state index is 9.25. The molecule has 0 saturated carbocycles. The summed E-state index contributed by atoms with van der Waals surface area (Å²) in [6.45, 7) is 11.2. The highest BCUT2D eigenvalue weighted by Gasteiger charge is 2.35. The Balaban J connectivity index is 4.33. The van der Waals surface area contributed by atoms with Crippen LogP contribution in [0, 0.1) is 10.8 Å². The molecule has 0 bridgehead atoms. The van der Waals surface area contributed by atoms with Crippen LogP contribution in [-0.4, -0.2) is 11.7 Å². The molecule has 1 unspecified atom stereocenters. The lowest BCUT2D eigenvalue weighted by Crippen LogP contribution is -2.36. The molecule has 0 aromatic rings. The van der Waals surface area contributed by atoms with Crippen molar-refractivity contribution in [1.29, 1.82) is 0 Å². The summed E-state index contributed by atoms with van der Waals surface area (Å²) in [5.74, 6) is 0. The maximum Gasteiger partial charge on any atom is 0.0489 e. The Morgan fingerprint density at radius 2 is 1.55 bits per heavy atom. The van der Waals surface area contributed by atoms with Gasteiger partial charge in [0.25, 0.3) is 0 Å². The number of aliphatic hydroxyl groups excluding tert-OH is 1. The molecule has 0 rings (SSSR count). The van der Waals surface area contributed by atoms with Crippen LogP contribution in [0.25, 0.3) is 0 Å². The zero-order chi connectivity index (χ0) is 9.12. The van der Waals surface area contributed by atoms with Gasteiger partial charge < -0.3 is 5.11 Å². The van der Waals surface area contributed by atoms with Gasteiger partial charge in [-0.15, -0.1) is 0 Å². The van der Waals surface area contributed by atoms with Gasteiger partial charge in [-0.25, -0.2) is 0 Å². The molecule has 0 spiro atoms. The molecule has 68 valence electrons. The molecule has 0 saturated heterocycles. The SMILES string of the molecule is CCCC(C)(CO)C(C)(C)C. The molecular formula is C10H22O. The Morgan fingerprint density at radius 1 is 1.09 bits per heavy atom. The molecule has 0 aliphatic rings. The Bertz CT molecular complexity index is 113. The molecule has 0 radical (unpaired) electrons. The van der Waals surface area contributed by atoms with Crippen molar-refractivity contribution in [3.8, 4) is 0 Å². The summed E-state index contributed by atoms with van der Waals surface area (Å²) >= 11 is 0. The van der Waals surface area contributed by atoms with Crippen LogP contribution >= 0.6 is 0 Å². The molecule has 0 aromatic carbocycles. The normalized spacial score (nSPS) is 18.0. The molecule has 0 heterocycles. The van der Waals surface area contributed by atoms with E-state index < -0.39 is 0 Å². The predicted molar refractivity (Wildman–Crippen MR) is 49.6 cm³/mol. The lowest BCUT2D eigenvalue weighted by atomic mass is 9.66. The molecule has 1 atom stereocenters. The van der Waals surface area contributed by atoms with Crippen molar-refractivity contribution in [3.63, 3.8) is 0 Å². The molecule has 0 aromatic heterocycles. The first-order valence-electron chi connectivity index (χ1n) is 4.48. The average molecular weight is 158 g/mol. The Labute approximate surface area is 70.8 Å². The molecule has 11 heavy (non-hydrogen) atoms. The molecule has 0 aliphatic carbocycles. The first-order chi connectivity index (χ1) is 4.87. The molecule has 1 heteroatoms. The minimum Gasteiger partial charge on any atom is -0.396 e. The van der Waals surface area contributed by atoms with Gasteiger partial charge in [0.15, 0.2) is 0 Å². The summed E-state index contributed by atoms with van der Waals surface area (Å²) in [7, 11) is 0. The number of hydrogen-bond donors (Lipinski definition) is 1. The molecule has 0 fully saturated rings. The highest BCUT2D eigenvalue weighted by atomic mass is 16.3. The summed E-state index contributed by atoms with van der Waals surface area (Å²) in [4.78, 5) is 0. The van der Waals surface area contributed by atoms with Crippen LogP contribution in [-0.2, 0) is 0 Å². The van der Waals surface area contributed by atoms with Crippen molar-refractivity contribution in [2.75, 3.05) is 6.61 Å². The quantitative estimate of drug-likeness (QED) is 0.669. The van der Waals surface area contributed by atoms with Crippen molar-refractivity contribution in [2.45, 2.75) is 47.5 Å². The van der Waals surface area contributed by atoms with Gasteiger partial charge in [-0.05, 0) is 17.3 Å². The Hall–Kier alpha value is -0.0400. The third kappa shape index (κ3) is 2.48. The van der Waals surface area contributed by atoms with Crippen LogP contribution in [0.3, 0.4) is 0 Å². The summed E-state index contributed by atoms with van der Waals surface area (Å²) < 4.78 is 0. The molecule has 0 amide bonds. The number of hydrogen-bond acceptors (Lipinski definition) is 1. The van der Waals surface area contributed by atoms with Crippen LogP contribution in [0.4, 0.5) is 0 Å². The lowest BCUT2D eigenvalue weighted by molar-refractivity contribution is 0.0238. The highest BCUT2D eigenvalue weighted by molar-refractivity contribution is 4.85. The second kappa shape index (κ2) is 3.57. The molecule has 1 nitrogen and oxygen atoms in total. The highest BCUT2D eigenvalue weighted by Crippen LogP contribution is 2.41. The van der Waals surface area contributed by atoms with E-state index >= 15 is 0 Å². The monoisotopic (exact) mass is 158 g/mol. The van der Waals surface area contributed by atoms with Gasteiger partial charge in [-0.2, -0.15) is 0 Å². The summed E-state index contributed by atoms with van der Waals surface area (Å²) in [5, 5.41) is 9.25. The minimum absolute atomic E-state index is 0.0851. The van der Waals surface area contributed by atoms with Gasteiger partial charge in [-0.3, -0.25) is 0 Å². The van der Waals surface area contributed by atoms with Crippen LogP contribution < -0.4 is 0 Å². The van der Waals surface area contributed by atoms with E-state index in [0.29, 0.717) is 6.61 Å². The van der Waals surface area contributed by atoms with Gasteiger partial charge in [-0.1, -0.05) is 41.0 Å². The van der Waals surface area contributed by atoms with E-state index in [0.717, 1.165) is 12.8 Å². The minimum atomic E-state index is 0.0851. The van der Waals surface area contributed by atoms with Crippen LogP contribution in [0.15, 0.2) is 0 Å². The third-order valence-corrected chi connectivity index (χ3v) is 2.96. The number of aliphatic hydroxyl groups is 1. The summed E-state index contributed by atoms with van der Waals surface area (Å²) in [6.07, 6.45) is 2.25. The zero-order valence-corrected chi connectivity index (χ0v) is 8.57. The maximum absolute atomic E-state index is 9.25. The van der Waals surface area contributed by atoms with Crippen molar-refractivity contribution in [1.82, 2.24) is 0 Å². The Morgan fingerprint density at radius 3 is 1.64 bits per heavy atom. The lowest BCUT2D eigenvalue weighted by Gasteiger charge is -2.40. The van der Waals surface area contributed by atoms with E-state index in [1.165, 1.54) is 0 Å². The third-order valence-electron chi connectivity index (χ3n) is 2.96. The van der Waals surface area contributed by atoms with Crippen LogP contribution in [0.5, 0.6) is 0 Å². The fourth-order valence-electron chi connectivity index (χ4n) is 1.24. The van der Waals surface area contributed by atoms with E-state index in [2.05, 4.69) is 34.6 Å². The van der Waals surface area contributed by atoms with Gasteiger partial charge >= 0.3 is 0 Å². The van der Waals surface area contributed by atoms with Crippen molar-refractivity contribution < 1.29 is 5.11 Å². The summed E-state index contributed by atoms with van der Waals surface area (Å²) in [5.41, 5.74) is 0.291. The molecular weight excluding hydrogens is 136 g/mol. The second-order valence-electron chi connectivity index (χ2n) is 4.72. The average Bonchev–Trinajstić information content (AvgIpc) is 1.86. The topological polar surface area (TPSA) is 20.2 Å². The van der Waals surface area contributed by atoms with E-state index in [9.17, 15) is 5.11 Å². The Kier molecular flexibility index (Phi) is 3.56.